The lowest BCUT2D eigenvalue weighted by atomic mass is 10.1. The normalized spacial score (nSPS) is 12.5. The molecule has 1 unspecified atom stereocenters. The van der Waals surface area contributed by atoms with Gasteiger partial charge in [0.1, 0.15) is 5.01 Å². The summed E-state index contributed by atoms with van der Waals surface area (Å²) in [6.45, 7) is 4.05. The summed E-state index contributed by atoms with van der Waals surface area (Å²) in [5.41, 5.74) is 8.14. The maximum atomic E-state index is 6.16. The van der Waals surface area contributed by atoms with Crippen LogP contribution in [0.1, 0.15) is 27.2 Å². The first-order chi connectivity index (χ1) is 8.11. The van der Waals surface area contributed by atoms with Gasteiger partial charge in [0.25, 0.3) is 0 Å². The zero-order valence-electron chi connectivity index (χ0n) is 10.1. The Balaban J connectivity index is 2.26. The van der Waals surface area contributed by atoms with E-state index in [4.69, 9.17) is 10.5 Å². The molecule has 0 amide bonds. The largest absolute Gasteiger partial charge is 0.481 e. The summed E-state index contributed by atoms with van der Waals surface area (Å²) in [7, 11) is 1.59. The van der Waals surface area contributed by atoms with E-state index in [-0.39, 0.29) is 6.04 Å². The van der Waals surface area contributed by atoms with E-state index in [0.29, 0.717) is 5.88 Å². The fourth-order valence-corrected chi connectivity index (χ4v) is 2.42. The smallest absolute Gasteiger partial charge is 0.212 e. The van der Waals surface area contributed by atoms with E-state index >= 15 is 0 Å². The molecule has 0 spiro atoms. The predicted octanol–water partition coefficient (Wildman–Crippen LogP) is 2.21. The molecule has 0 aliphatic carbocycles. The molecule has 2 aromatic heterocycles. The van der Waals surface area contributed by atoms with Crippen molar-refractivity contribution in [2.45, 2.75) is 19.9 Å². The Hall–Kier alpha value is -1.46. The molecule has 0 aliphatic rings. The molecular weight excluding hydrogens is 234 g/mol. The molecule has 2 heterocycles. The lowest BCUT2D eigenvalue weighted by Crippen LogP contribution is -2.11. The van der Waals surface area contributed by atoms with Crippen molar-refractivity contribution in [1.29, 1.82) is 0 Å². The zero-order chi connectivity index (χ0) is 12.4. The van der Waals surface area contributed by atoms with Crippen LogP contribution < -0.4 is 10.5 Å². The van der Waals surface area contributed by atoms with E-state index in [2.05, 4.69) is 16.9 Å². The first-order valence-electron chi connectivity index (χ1n) is 5.31. The van der Waals surface area contributed by atoms with Gasteiger partial charge in [0.2, 0.25) is 5.88 Å². The number of rotatable bonds is 3. The van der Waals surface area contributed by atoms with Gasteiger partial charge in [-0.25, -0.2) is 9.97 Å². The number of aromatic nitrogens is 2. The minimum Gasteiger partial charge on any atom is -0.481 e. The number of pyridine rings is 1. The van der Waals surface area contributed by atoms with Crippen molar-refractivity contribution in [3.05, 3.63) is 39.5 Å². The number of methoxy groups -OCH3 is 1. The Bertz CT molecular complexity index is 487. The number of thiazole rings is 1. The standard InChI is InChI=1S/C12H15N3OS/c1-7-8(2)17-12(15-7)11(13)9-4-5-10(16-3)14-6-9/h4-6,11H,13H2,1-3H3. The lowest BCUT2D eigenvalue weighted by molar-refractivity contribution is 0.397. The fourth-order valence-electron chi connectivity index (χ4n) is 1.47. The second-order valence-corrected chi connectivity index (χ2v) is 5.04. The summed E-state index contributed by atoms with van der Waals surface area (Å²) in [5.74, 6) is 0.590. The second kappa shape index (κ2) is 4.81. The molecule has 0 aliphatic heterocycles. The van der Waals surface area contributed by atoms with Crippen LogP contribution in [0.2, 0.25) is 0 Å². The van der Waals surface area contributed by atoms with Crippen LogP contribution in [0, 0.1) is 13.8 Å². The summed E-state index contributed by atoms with van der Waals surface area (Å²) in [6, 6.07) is 3.51. The van der Waals surface area contributed by atoms with E-state index in [1.54, 1.807) is 24.6 Å². The van der Waals surface area contributed by atoms with Gasteiger partial charge in [-0.1, -0.05) is 6.07 Å². The van der Waals surface area contributed by atoms with Gasteiger partial charge in [-0.05, 0) is 19.4 Å². The summed E-state index contributed by atoms with van der Waals surface area (Å²) in [5, 5.41) is 0.923. The highest BCUT2D eigenvalue weighted by molar-refractivity contribution is 7.11. The average molecular weight is 249 g/mol. The SMILES string of the molecule is COc1ccc(C(N)c2nc(C)c(C)s2)cn1. The molecule has 5 heteroatoms. The number of ether oxygens (including phenoxy) is 1. The molecule has 17 heavy (non-hydrogen) atoms. The van der Waals surface area contributed by atoms with Crippen molar-refractivity contribution >= 4 is 11.3 Å². The van der Waals surface area contributed by atoms with Gasteiger partial charge in [0.15, 0.2) is 0 Å². The van der Waals surface area contributed by atoms with Crippen LogP contribution in [0.3, 0.4) is 0 Å². The summed E-state index contributed by atoms with van der Waals surface area (Å²) < 4.78 is 5.01. The first kappa shape index (κ1) is 12.0. The minimum atomic E-state index is -0.217. The lowest BCUT2D eigenvalue weighted by Gasteiger charge is -2.08. The van der Waals surface area contributed by atoms with Crippen LogP contribution in [0.4, 0.5) is 0 Å². The molecular formula is C12H15N3OS. The molecule has 0 aromatic carbocycles. The third-order valence-corrected chi connectivity index (χ3v) is 3.79. The number of hydrogen-bond acceptors (Lipinski definition) is 5. The van der Waals surface area contributed by atoms with Gasteiger partial charge in [0.05, 0.1) is 18.8 Å². The van der Waals surface area contributed by atoms with Crippen LogP contribution in [-0.4, -0.2) is 17.1 Å². The summed E-state index contributed by atoms with van der Waals surface area (Å²) in [6.07, 6.45) is 1.73. The number of hydrogen-bond donors (Lipinski definition) is 1. The highest BCUT2D eigenvalue weighted by Gasteiger charge is 2.14. The van der Waals surface area contributed by atoms with Crippen LogP contribution in [0.25, 0.3) is 0 Å². The second-order valence-electron chi connectivity index (χ2n) is 3.81. The summed E-state index contributed by atoms with van der Waals surface area (Å²) in [4.78, 5) is 9.82. The van der Waals surface area contributed by atoms with Crippen LogP contribution in [0.5, 0.6) is 5.88 Å². The van der Waals surface area contributed by atoms with Crippen LogP contribution in [0.15, 0.2) is 18.3 Å². The van der Waals surface area contributed by atoms with Crippen LogP contribution in [-0.2, 0) is 0 Å². The topological polar surface area (TPSA) is 61.0 Å². The van der Waals surface area contributed by atoms with E-state index in [1.165, 1.54) is 4.88 Å². The monoisotopic (exact) mass is 249 g/mol. The molecule has 0 bridgehead atoms. The van der Waals surface area contributed by atoms with Crippen molar-refractivity contribution in [3.8, 4) is 5.88 Å². The van der Waals surface area contributed by atoms with Gasteiger partial charge in [-0.15, -0.1) is 11.3 Å². The van der Waals surface area contributed by atoms with Gasteiger partial charge in [-0.3, -0.25) is 0 Å². The Morgan fingerprint density at radius 2 is 2.12 bits per heavy atom. The Kier molecular flexibility index (Phi) is 3.40. The molecule has 90 valence electrons. The number of aryl methyl sites for hydroxylation is 2. The predicted molar refractivity (Wildman–Crippen MR) is 68.4 cm³/mol. The maximum Gasteiger partial charge on any atom is 0.212 e. The molecule has 4 nitrogen and oxygen atoms in total. The average Bonchev–Trinajstić information content (AvgIpc) is 2.69. The zero-order valence-corrected chi connectivity index (χ0v) is 10.9. The maximum absolute atomic E-state index is 6.16. The van der Waals surface area contributed by atoms with E-state index in [9.17, 15) is 0 Å². The number of nitrogens with zero attached hydrogens (tertiary/aromatic N) is 2. The molecule has 0 radical (unpaired) electrons. The molecule has 0 saturated carbocycles. The first-order valence-corrected chi connectivity index (χ1v) is 6.13. The molecule has 0 saturated heterocycles. The van der Waals surface area contributed by atoms with Crippen molar-refractivity contribution in [1.82, 2.24) is 9.97 Å². The van der Waals surface area contributed by atoms with Crippen molar-refractivity contribution < 1.29 is 4.74 Å². The quantitative estimate of drug-likeness (QED) is 0.906. The summed E-state index contributed by atoms with van der Waals surface area (Å²) >= 11 is 1.63. The molecule has 1 atom stereocenters. The number of nitrogens with two attached hydrogens (primary N) is 1. The van der Waals surface area contributed by atoms with Gasteiger partial charge < -0.3 is 10.5 Å². The van der Waals surface area contributed by atoms with E-state index in [1.807, 2.05) is 19.1 Å². The molecule has 2 N–H and O–H groups in total. The molecule has 2 rings (SSSR count). The van der Waals surface area contributed by atoms with Crippen molar-refractivity contribution in [2.24, 2.45) is 5.73 Å². The van der Waals surface area contributed by atoms with Gasteiger partial charge >= 0.3 is 0 Å². The highest BCUT2D eigenvalue weighted by Crippen LogP contribution is 2.26. The Morgan fingerprint density at radius 3 is 2.59 bits per heavy atom. The third-order valence-electron chi connectivity index (χ3n) is 2.64. The Morgan fingerprint density at radius 1 is 1.35 bits per heavy atom. The molecule has 0 fully saturated rings. The fraction of sp³-hybridized carbons (Fsp3) is 0.333. The van der Waals surface area contributed by atoms with Crippen LogP contribution >= 0.6 is 11.3 Å². The van der Waals surface area contributed by atoms with Crippen molar-refractivity contribution in [2.75, 3.05) is 7.11 Å². The third kappa shape index (κ3) is 2.45. The van der Waals surface area contributed by atoms with Crippen molar-refractivity contribution in [3.63, 3.8) is 0 Å². The van der Waals surface area contributed by atoms with E-state index < -0.39 is 0 Å². The van der Waals surface area contributed by atoms with E-state index in [0.717, 1.165) is 16.3 Å². The highest BCUT2D eigenvalue weighted by atomic mass is 32.1. The van der Waals surface area contributed by atoms with Gasteiger partial charge in [0, 0.05) is 17.1 Å². The molecule has 2 aromatic rings. The Labute approximate surface area is 104 Å². The van der Waals surface area contributed by atoms with Gasteiger partial charge in [-0.2, -0.15) is 0 Å². The minimum absolute atomic E-state index is 0.217.